The molecule has 0 saturated carbocycles. The summed E-state index contributed by atoms with van der Waals surface area (Å²) in [5, 5.41) is 10.4. The molecule has 3 rings (SSSR count). The number of nitrogens with zero attached hydrogens (tertiary/aromatic N) is 5. The molecule has 0 aliphatic heterocycles. The number of aromatic nitrogens is 3. The van der Waals surface area contributed by atoms with Crippen LogP contribution in [-0.4, -0.2) is 15.2 Å². The molecule has 3 aromatic rings. The van der Waals surface area contributed by atoms with E-state index in [9.17, 15) is 0 Å². The van der Waals surface area contributed by atoms with Gasteiger partial charge >= 0.3 is 0 Å². The molecule has 0 amide bonds. The molecule has 0 radical (unpaired) electrons. The van der Waals surface area contributed by atoms with E-state index in [2.05, 4.69) is 25.2 Å². The second-order valence-electron chi connectivity index (χ2n) is 3.72. The molecule has 0 aliphatic rings. The predicted octanol–water partition coefficient (Wildman–Crippen LogP) is 3.67. The van der Waals surface area contributed by atoms with Crippen LogP contribution in [0.4, 0.5) is 5.69 Å². The molecule has 1 N–H and O–H groups in total. The van der Waals surface area contributed by atoms with E-state index in [0.717, 1.165) is 5.56 Å². The minimum Gasteiger partial charge on any atom is -0.461 e. The molecule has 0 aliphatic carbocycles. The van der Waals surface area contributed by atoms with Crippen LogP contribution in [0.2, 0.25) is 0 Å². The SMILES string of the molecule is [N-]=[N+]=Nc1ccc(-c2n[nH]c(-c3ccco3)n2)cc1. The second kappa shape index (κ2) is 4.67. The molecule has 0 spiro atoms. The molecule has 0 bridgehead atoms. The van der Waals surface area contributed by atoms with Crippen molar-refractivity contribution >= 4 is 5.69 Å². The molecule has 0 unspecified atom stereocenters. The van der Waals surface area contributed by atoms with Crippen molar-refractivity contribution in [2.45, 2.75) is 0 Å². The van der Waals surface area contributed by atoms with E-state index >= 15 is 0 Å². The van der Waals surface area contributed by atoms with E-state index in [1.165, 1.54) is 0 Å². The number of furan rings is 1. The van der Waals surface area contributed by atoms with E-state index in [-0.39, 0.29) is 0 Å². The second-order valence-corrected chi connectivity index (χ2v) is 3.72. The fourth-order valence-electron chi connectivity index (χ4n) is 1.64. The molecule has 0 fully saturated rings. The minimum atomic E-state index is 0.549. The number of rotatable bonds is 3. The van der Waals surface area contributed by atoms with Gasteiger partial charge in [-0.2, -0.15) is 5.10 Å². The highest BCUT2D eigenvalue weighted by atomic mass is 16.3. The summed E-state index contributed by atoms with van der Waals surface area (Å²) in [6, 6.07) is 10.6. The van der Waals surface area contributed by atoms with Crippen LogP contribution >= 0.6 is 0 Å². The molecule has 0 atom stereocenters. The third-order valence-corrected chi connectivity index (χ3v) is 2.53. The maximum atomic E-state index is 8.33. The lowest BCUT2D eigenvalue weighted by Gasteiger charge is -1.95. The van der Waals surface area contributed by atoms with Gasteiger partial charge in [0.05, 0.1) is 6.26 Å². The summed E-state index contributed by atoms with van der Waals surface area (Å²) in [6.07, 6.45) is 1.58. The fraction of sp³-hybridized carbons (Fsp3) is 0. The Morgan fingerprint density at radius 2 is 2.05 bits per heavy atom. The van der Waals surface area contributed by atoms with Gasteiger partial charge < -0.3 is 4.42 Å². The number of nitrogens with one attached hydrogen (secondary N) is 1. The summed E-state index contributed by atoms with van der Waals surface area (Å²) >= 11 is 0. The maximum Gasteiger partial charge on any atom is 0.192 e. The van der Waals surface area contributed by atoms with Crippen LogP contribution in [0.1, 0.15) is 0 Å². The van der Waals surface area contributed by atoms with Crippen molar-refractivity contribution in [3.63, 3.8) is 0 Å². The largest absolute Gasteiger partial charge is 0.461 e. The molecule has 1 aromatic carbocycles. The average molecular weight is 252 g/mol. The topological polar surface area (TPSA) is 103 Å². The monoisotopic (exact) mass is 252 g/mol. The van der Waals surface area contributed by atoms with Crippen LogP contribution in [0.5, 0.6) is 0 Å². The number of H-pyrrole nitrogens is 1. The Morgan fingerprint density at radius 3 is 2.74 bits per heavy atom. The fourth-order valence-corrected chi connectivity index (χ4v) is 1.64. The van der Waals surface area contributed by atoms with E-state index in [0.29, 0.717) is 23.1 Å². The van der Waals surface area contributed by atoms with Crippen LogP contribution in [0, 0.1) is 0 Å². The molecule has 0 saturated heterocycles. The molecule has 2 aromatic heterocycles. The van der Waals surface area contributed by atoms with Crippen molar-refractivity contribution in [3.8, 4) is 23.0 Å². The Hall–Kier alpha value is -3.05. The van der Waals surface area contributed by atoms with Crippen LogP contribution in [0.25, 0.3) is 33.4 Å². The van der Waals surface area contributed by atoms with Gasteiger partial charge in [-0.1, -0.05) is 29.4 Å². The van der Waals surface area contributed by atoms with Crippen LogP contribution < -0.4 is 0 Å². The summed E-state index contributed by atoms with van der Waals surface area (Å²) < 4.78 is 5.23. The predicted molar refractivity (Wildman–Crippen MR) is 68.3 cm³/mol. The van der Waals surface area contributed by atoms with Gasteiger partial charge in [-0.15, -0.1) is 0 Å². The summed E-state index contributed by atoms with van der Waals surface area (Å²) in [7, 11) is 0. The Labute approximate surface area is 107 Å². The van der Waals surface area contributed by atoms with Gasteiger partial charge in [-0.25, -0.2) is 4.98 Å². The highest BCUT2D eigenvalue weighted by Crippen LogP contribution is 2.22. The van der Waals surface area contributed by atoms with Crippen LogP contribution in [0.3, 0.4) is 0 Å². The molecule has 2 heterocycles. The van der Waals surface area contributed by atoms with Crippen molar-refractivity contribution in [1.82, 2.24) is 15.2 Å². The van der Waals surface area contributed by atoms with Crippen molar-refractivity contribution in [3.05, 3.63) is 53.1 Å². The van der Waals surface area contributed by atoms with Gasteiger partial charge in [0.15, 0.2) is 17.4 Å². The third kappa shape index (κ3) is 2.18. The molecule has 7 heteroatoms. The Morgan fingerprint density at radius 1 is 1.21 bits per heavy atom. The highest BCUT2D eigenvalue weighted by Gasteiger charge is 2.09. The zero-order chi connectivity index (χ0) is 13.1. The number of benzene rings is 1. The summed E-state index contributed by atoms with van der Waals surface area (Å²) in [6.45, 7) is 0. The lowest BCUT2D eigenvalue weighted by Crippen LogP contribution is -1.79. The molecule has 19 heavy (non-hydrogen) atoms. The van der Waals surface area contributed by atoms with Crippen molar-refractivity contribution < 1.29 is 4.42 Å². The summed E-state index contributed by atoms with van der Waals surface area (Å²) in [5.74, 6) is 1.75. The minimum absolute atomic E-state index is 0.549. The number of aromatic amines is 1. The number of azide groups is 1. The van der Waals surface area contributed by atoms with Gasteiger partial charge in [0.2, 0.25) is 0 Å². The standard InChI is InChI=1S/C12H8N6O/c13-18-15-9-5-3-8(4-6-9)11-14-12(17-16-11)10-2-1-7-19-10/h1-7H,(H,14,16,17). The Bertz CT molecular complexity index is 722. The van der Waals surface area contributed by atoms with E-state index < -0.39 is 0 Å². The molecular formula is C12H8N6O. The first kappa shape index (κ1) is 11.1. The van der Waals surface area contributed by atoms with Crippen molar-refractivity contribution in [2.75, 3.05) is 0 Å². The maximum absolute atomic E-state index is 8.33. The molecule has 92 valence electrons. The summed E-state index contributed by atoms with van der Waals surface area (Å²) in [4.78, 5) is 7.06. The van der Waals surface area contributed by atoms with Gasteiger partial charge in [0, 0.05) is 16.2 Å². The number of hydrogen-bond acceptors (Lipinski definition) is 4. The van der Waals surface area contributed by atoms with Gasteiger partial charge in [0.25, 0.3) is 0 Å². The first-order chi connectivity index (χ1) is 9.36. The lowest BCUT2D eigenvalue weighted by molar-refractivity contribution is 0.577. The first-order valence-electron chi connectivity index (χ1n) is 5.48. The van der Waals surface area contributed by atoms with Crippen LogP contribution in [0.15, 0.2) is 52.2 Å². The van der Waals surface area contributed by atoms with E-state index in [1.807, 2.05) is 0 Å². The average Bonchev–Trinajstić information content (AvgIpc) is 3.11. The van der Waals surface area contributed by atoms with Gasteiger partial charge in [-0.05, 0) is 17.7 Å². The van der Waals surface area contributed by atoms with E-state index in [4.69, 9.17) is 9.95 Å². The van der Waals surface area contributed by atoms with Gasteiger partial charge in [0.1, 0.15) is 0 Å². The quantitative estimate of drug-likeness (QED) is 0.436. The summed E-state index contributed by atoms with van der Waals surface area (Å²) in [5.41, 5.74) is 9.71. The zero-order valence-electron chi connectivity index (χ0n) is 9.69. The first-order valence-corrected chi connectivity index (χ1v) is 5.48. The normalized spacial score (nSPS) is 10.1. The van der Waals surface area contributed by atoms with Crippen molar-refractivity contribution in [2.24, 2.45) is 5.11 Å². The smallest absolute Gasteiger partial charge is 0.192 e. The third-order valence-electron chi connectivity index (χ3n) is 2.53. The zero-order valence-corrected chi connectivity index (χ0v) is 9.69. The number of hydrogen-bond donors (Lipinski definition) is 1. The molecule has 7 nitrogen and oxygen atoms in total. The van der Waals surface area contributed by atoms with E-state index in [1.54, 1.807) is 42.7 Å². The highest BCUT2D eigenvalue weighted by molar-refractivity contribution is 5.60. The van der Waals surface area contributed by atoms with Gasteiger partial charge in [-0.3, -0.25) is 5.10 Å². The Kier molecular flexibility index (Phi) is 2.72. The molecular weight excluding hydrogens is 244 g/mol. The van der Waals surface area contributed by atoms with Crippen molar-refractivity contribution in [1.29, 1.82) is 0 Å². The van der Waals surface area contributed by atoms with Crippen LogP contribution in [-0.2, 0) is 0 Å². The Balaban J connectivity index is 1.92. The lowest BCUT2D eigenvalue weighted by atomic mass is 10.2.